The highest BCUT2D eigenvalue weighted by Crippen LogP contribution is 2.25. The Labute approximate surface area is 155 Å². The van der Waals surface area contributed by atoms with Crippen molar-refractivity contribution in [1.29, 1.82) is 0 Å². The number of benzene rings is 1. The second-order valence-corrected chi connectivity index (χ2v) is 6.30. The van der Waals surface area contributed by atoms with Gasteiger partial charge in [-0.2, -0.15) is 0 Å². The number of hydrogen-bond donors (Lipinski definition) is 1. The topological polar surface area (TPSA) is 27.6 Å². The zero-order valence-electron chi connectivity index (χ0n) is 13.2. The molecule has 0 saturated carbocycles. The molecule has 1 atom stereocenters. The highest BCUT2D eigenvalue weighted by Gasteiger charge is 2.24. The van der Waals surface area contributed by atoms with E-state index in [2.05, 4.69) is 59.0 Å². The van der Waals surface area contributed by atoms with E-state index in [1.807, 2.05) is 17.8 Å². The molecule has 1 aliphatic heterocycles. The molecule has 0 aliphatic carbocycles. The van der Waals surface area contributed by atoms with Crippen LogP contribution in [-0.4, -0.2) is 42.8 Å². The predicted molar refractivity (Wildman–Crippen MR) is 108 cm³/mol. The van der Waals surface area contributed by atoms with Crippen molar-refractivity contribution in [2.24, 2.45) is 10.9 Å². The smallest absolute Gasteiger partial charge is 0.194 e. The van der Waals surface area contributed by atoms with Crippen molar-refractivity contribution in [3.8, 4) is 0 Å². The molecule has 0 aromatic heterocycles. The van der Waals surface area contributed by atoms with Crippen LogP contribution in [0.3, 0.4) is 0 Å². The minimum Gasteiger partial charge on any atom is -0.357 e. The molecule has 1 aromatic rings. The number of thioether (sulfide) groups is 1. The summed E-state index contributed by atoms with van der Waals surface area (Å²) < 4.78 is 0. The molecule has 1 saturated heterocycles. The molecule has 22 heavy (non-hydrogen) atoms. The minimum atomic E-state index is 0. The molecule has 1 fully saturated rings. The first kappa shape index (κ1) is 19.4. The van der Waals surface area contributed by atoms with Gasteiger partial charge >= 0.3 is 0 Å². The third kappa shape index (κ3) is 6.20. The average Bonchev–Trinajstić information content (AvgIpc) is 2.99. The maximum Gasteiger partial charge on any atom is 0.194 e. The van der Waals surface area contributed by atoms with Gasteiger partial charge in [-0.3, -0.25) is 0 Å². The summed E-state index contributed by atoms with van der Waals surface area (Å²) in [4.78, 5) is 8.32. The van der Waals surface area contributed by atoms with Crippen LogP contribution in [0.2, 0.25) is 0 Å². The number of hydrogen-bond acceptors (Lipinski definition) is 2. The van der Waals surface area contributed by atoms with Crippen molar-refractivity contribution in [3.05, 3.63) is 43.0 Å². The molecule has 1 heterocycles. The molecule has 2 rings (SSSR count). The Morgan fingerprint density at radius 3 is 2.91 bits per heavy atom. The Balaban J connectivity index is 0.00000242. The van der Waals surface area contributed by atoms with Crippen LogP contribution in [0.4, 0.5) is 0 Å². The molecule has 5 heteroatoms. The van der Waals surface area contributed by atoms with Gasteiger partial charge in [0, 0.05) is 30.3 Å². The number of guanidine groups is 1. The highest BCUT2D eigenvalue weighted by atomic mass is 127. The van der Waals surface area contributed by atoms with Crippen LogP contribution in [-0.2, 0) is 0 Å². The third-order valence-corrected chi connectivity index (χ3v) is 4.76. The van der Waals surface area contributed by atoms with E-state index in [0.717, 1.165) is 31.5 Å². The van der Waals surface area contributed by atoms with Crippen LogP contribution < -0.4 is 5.32 Å². The van der Waals surface area contributed by atoms with E-state index >= 15 is 0 Å². The first-order chi connectivity index (χ1) is 10.3. The number of rotatable bonds is 6. The summed E-state index contributed by atoms with van der Waals surface area (Å²) in [6.07, 6.45) is 3.09. The zero-order chi connectivity index (χ0) is 14.9. The first-order valence-electron chi connectivity index (χ1n) is 7.65. The van der Waals surface area contributed by atoms with E-state index in [9.17, 15) is 0 Å². The van der Waals surface area contributed by atoms with E-state index in [1.54, 1.807) is 0 Å². The fraction of sp³-hybridized carbons (Fsp3) is 0.471. The summed E-state index contributed by atoms with van der Waals surface area (Å²) in [6.45, 7) is 9.65. The number of nitrogens with one attached hydrogen (secondary N) is 1. The fourth-order valence-electron chi connectivity index (χ4n) is 2.47. The van der Waals surface area contributed by atoms with Gasteiger partial charge in [-0.25, -0.2) is 4.99 Å². The van der Waals surface area contributed by atoms with Crippen LogP contribution in [0.15, 0.2) is 52.9 Å². The average molecular weight is 431 g/mol. The lowest BCUT2D eigenvalue weighted by atomic mass is 10.2. The predicted octanol–water partition coefficient (Wildman–Crippen LogP) is 3.87. The number of halogens is 1. The van der Waals surface area contributed by atoms with Gasteiger partial charge in [-0.05, 0) is 31.4 Å². The molecule has 0 spiro atoms. The van der Waals surface area contributed by atoms with Gasteiger partial charge in [-0.1, -0.05) is 24.3 Å². The van der Waals surface area contributed by atoms with Gasteiger partial charge in [-0.15, -0.1) is 42.3 Å². The van der Waals surface area contributed by atoms with Gasteiger partial charge < -0.3 is 10.2 Å². The van der Waals surface area contributed by atoms with Crippen molar-refractivity contribution in [2.45, 2.75) is 18.2 Å². The van der Waals surface area contributed by atoms with Crippen molar-refractivity contribution < 1.29 is 0 Å². The van der Waals surface area contributed by atoms with Crippen molar-refractivity contribution in [1.82, 2.24) is 10.2 Å². The van der Waals surface area contributed by atoms with Gasteiger partial charge in [0.05, 0.1) is 6.54 Å². The first-order valence-corrected chi connectivity index (χ1v) is 8.64. The summed E-state index contributed by atoms with van der Waals surface area (Å²) >= 11 is 1.96. The second kappa shape index (κ2) is 10.9. The lowest BCUT2D eigenvalue weighted by Gasteiger charge is -2.21. The Hall–Kier alpha value is -0.690. The molecule has 0 radical (unpaired) electrons. The molecule has 1 unspecified atom stereocenters. The van der Waals surface area contributed by atoms with E-state index in [-0.39, 0.29) is 24.0 Å². The van der Waals surface area contributed by atoms with E-state index in [1.165, 1.54) is 17.1 Å². The summed E-state index contributed by atoms with van der Waals surface area (Å²) in [5.41, 5.74) is 0. The van der Waals surface area contributed by atoms with E-state index < -0.39 is 0 Å². The Morgan fingerprint density at radius 2 is 2.23 bits per heavy atom. The van der Waals surface area contributed by atoms with Crippen LogP contribution in [0.25, 0.3) is 0 Å². The van der Waals surface area contributed by atoms with Crippen molar-refractivity contribution in [3.63, 3.8) is 0 Å². The summed E-state index contributed by atoms with van der Waals surface area (Å²) in [5.74, 6) is 2.95. The Bertz CT molecular complexity index is 464. The molecule has 0 amide bonds. The quantitative estimate of drug-likeness (QED) is 0.244. The van der Waals surface area contributed by atoms with Crippen LogP contribution in [0, 0.1) is 5.92 Å². The van der Waals surface area contributed by atoms with Crippen LogP contribution in [0.1, 0.15) is 13.3 Å². The molecule has 122 valence electrons. The van der Waals surface area contributed by atoms with Gasteiger partial charge in [0.2, 0.25) is 0 Å². The number of aliphatic imine (C=N–C) groups is 1. The normalized spacial score (nSPS) is 18.0. The molecule has 0 bridgehead atoms. The maximum atomic E-state index is 4.57. The second-order valence-electron chi connectivity index (χ2n) is 5.21. The monoisotopic (exact) mass is 431 g/mol. The van der Waals surface area contributed by atoms with E-state index in [4.69, 9.17) is 0 Å². The fourth-order valence-corrected chi connectivity index (χ4v) is 3.52. The SMILES string of the molecule is C=CCN=C(NCC)N1CCC(CSc2ccccc2)C1.I. The molecule has 3 nitrogen and oxygen atoms in total. The highest BCUT2D eigenvalue weighted by molar-refractivity contribution is 14.0. The lowest BCUT2D eigenvalue weighted by molar-refractivity contribution is 0.475. The Morgan fingerprint density at radius 1 is 1.45 bits per heavy atom. The summed E-state index contributed by atoms with van der Waals surface area (Å²) in [6, 6.07) is 10.7. The maximum absolute atomic E-state index is 4.57. The summed E-state index contributed by atoms with van der Waals surface area (Å²) in [7, 11) is 0. The van der Waals surface area contributed by atoms with Gasteiger partial charge in [0.1, 0.15) is 0 Å². The molecular weight excluding hydrogens is 405 g/mol. The van der Waals surface area contributed by atoms with Gasteiger partial charge in [0.25, 0.3) is 0 Å². The number of likely N-dealkylation sites (tertiary alicyclic amines) is 1. The van der Waals surface area contributed by atoms with Gasteiger partial charge in [0.15, 0.2) is 5.96 Å². The van der Waals surface area contributed by atoms with Crippen molar-refractivity contribution in [2.75, 3.05) is 31.9 Å². The Kier molecular flexibility index (Phi) is 9.63. The number of nitrogens with zero attached hydrogens (tertiary/aromatic N) is 2. The lowest BCUT2D eigenvalue weighted by Crippen LogP contribution is -2.40. The van der Waals surface area contributed by atoms with Crippen LogP contribution in [0.5, 0.6) is 0 Å². The molecule has 1 aromatic carbocycles. The molecular formula is C17H26IN3S. The minimum absolute atomic E-state index is 0. The third-order valence-electron chi connectivity index (χ3n) is 3.52. The van der Waals surface area contributed by atoms with E-state index in [0.29, 0.717) is 6.54 Å². The zero-order valence-corrected chi connectivity index (χ0v) is 16.3. The van der Waals surface area contributed by atoms with Crippen LogP contribution >= 0.6 is 35.7 Å². The summed E-state index contributed by atoms with van der Waals surface area (Å²) in [5, 5.41) is 3.38. The molecule has 1 N–H and O–H groups in total. The van der Waals surface area contributed by atoms with Crippen molar-refractivity contribution >= 4 is 41.7 Å². The molecule has 1 aliphatic rings. The standard InChI is InChI=1S/C17H25N3S.HI/c1-3-11-19-17(18-4-2)20-12-10-15(13-20)14-21-16-8-6-5-7-9-16;/h3,5-9,15H,1,4,10-14H2,2H3,(H,18,19);1H. The largest absolute Gasteiger partial charge is 0.357 e.